The van der Waals surface area contributed by atoms with E-state index in [-0.39, 0.29) is 10.6 Å². The Morgan fingerprint density at radius 1 is 0.943 bits per heavy atom. The standard InChI is InChI=1S/C26H26ClFN2O5/c1-32-20-9-8-16(13-22(20)34-3)29-26(31)30-11-10-15-12-21(33-2)23(35-4)14-17(15)25(30)24-18(27)6-5-7-19(24)28/h5-9,12-14,25H,10-11H2,1-4H3,(H,29,31)/t25-/m1/s1. The molecule has 3 aromatic rings. The molecule has 1 heterocycles. The zero-order valence-corrected chi connectivity index (χ0v) is 20.6. The van der Waals surface area contributed by atoms with Gasteiger partial charge in [0.1, 0.15) is 5.82 Å². The van der Waals surface area contributed by atoms with Gasteiger partial charge in [0.05, 0.1) is 34.5 Å². The van der Waals surface area contributed by atoms with Gasteiger partial charge >= 0.3 is 6.03 Å². The lowest BCUT2D eigenvalue weighted by Gasteiger charge is -2.38. The van der Waals surface area contributed by atoms with E-state index in [1.165, 1.54) is 33.5 Å². The molecule has 0 unspecified atom stereocenters. The molecule has 0 spiro atoms. The number of anilines is 1. The van der Waals surface area contributed by atoms with E-state index in [9.17, 15) is 4.79 Å². The number of fused-ring (bicyclic) bond motifs is 1. The van der Waals surface area contributed by atoms with Crippen LogP contribution in [-0.2, 0) is 6.42 Å². The van der Waals surface area contributed by atoms with Crippen molar-refractivity contribution in [3.8, 4) is 23.0 Å². The number of rotatable bonds is 6. The largest absolute Gasteiger partial charge is 0.493 e. The van der Waals surface area contributed by atoms with Crippen LogP contribution in [0.2, 0.25) is 5.02 Å². The van der Waals surface area contributed by atoms with E-state index in [1.807, 2.05) is 6.07 Å². The molecule has 7 nitrogen and oxygen atoms in total. The highest BCUT2D eigenvalue weighted by atomic mass is 35.5. The lowest BCUT2D eigenvalue weighted by atomic mass is 9.87. The Bertz CT molecular complexity index is 1230. The molecule has 0 aliphatic carbocycles. The van der Waals surface area contributed by atoms with Crippen molar-refractivity contribution in [2.45, 2.75) is 12.5 Å². The Labute approximate surface area is 208 Å². The lowest BCUT2D eigenvalue weighted by Crippen LogP contribution is -2.43. The first kappa shape index (κ1) is 24.5. The van der Waals surface area contributed by atoms with Gasteiger partial charge in [-0.1, -0.05) is 17.7 Å². The number of benzene rings is 3. The molecule has 3 aromatic carbocycles. The molecule has 1 aliphatic rings. The molecule has 0 saturated carbocycles. The maximum absolute atomic E-state index is 15.2. The van der Waals surface area contributed by atoms with Crippen molar-refractivity contribution in [3.63, 3.8) is 0 Å². The van der Waals surface area contributed by atoms with Crippen LogP contribution in [0.4, 0.5) is 14.9 Å². The van der Waals surface area contributed by atoms with E-state index in [1.54, 1.807) is 42.3 Å². The number of methoxy groups -OCH3 is 4. The number of hydrogen-bond acceptors (Lipinski definition) is 5. The molecular weight excluding hydrogens is 475 g/mol. The third-order valence-corrected chi connectivity index (χ3v) is 6.37. The highest BCUT2D eigenvalue weighted by molar-refractivity contribution is 6.31. The van der Waals surface area contributed by atoms with E-state index in [4.69, 9.17) is 30.5 Å². The molecule has 184 valence electrons. The molecule has 0 saturated heterocycles. The average molecular weight is 501 g/mol. The number of nitrogens with zero attached hydrogens (tertiary/aromatic N) is 1. The van der Waals surface area contributed by atoms with Crippen molar-refractivity contribution in [2.75, 3.05) is 40.3 Å². The van der Waals surface area contributed by atoms with Crippen LogP contribution < -0.4 is 24.3 Å². The third-order valence-electron chi connectivity index (χ3n) is 6.04. The zero-order chi connectivity index (χ0) is 25.1. The Morgan fingerprint density at radius 2 is 1.60 bits per heavy atom. The third kappa shape index (κ3) is 4.66. The number of carbonyl (C=O) groups is 1. The summed E-state index contributed by atoms with van der Waals surface area (Å²) < 4.78 is 36.7. The first-order chi connectivity index (χ1) is 16.9. The van der Waals surface area contributed by atoms with E-state index in [0.29, 0.717) is 47.2 Å². The summed E-state index contributed by atoms with van der Waals surface area (Å²) >= 11 is 6.48. The van der Waals surface area contributed by atoms with Gasteiger partial charge in [-0.05, 0) is 53.9 Å². The Hall–Kier alpha value is -3.65. The highest BCUT2D eigenvalue weighted by Gasteiger charge is 2.36. The fraction of sp³-hybridized carbons (Fsp3) is 0.269. The predicted octanol–water partition coefficient (Wildman–Crippen LogP) is 5.69. The van der Waals surface area contributed by atoms with Crippen LogP contribution in [0.3, 0.4) is 0 Å². The molecule has 1 aliphatic heterocycles. The zero-order valence-electron chi connectivity index (χ0n) is 19.9. The lowest BCUT2D eigenvalue weighted by molar-refractivity contribution is 0.192. The van der Waals surface area contributed by atoms with Gasteiger partial charge in [-0.15, -0.1) is 0 Å². The van der Waals surface area contributed by atoms with Crippen LogP contribution in [0.5, 0.6) is 23.0 Å². The van der Waals surface area contributed by atoms with Crippen molar-refractivity contribution >= 4 is 23.3 Å². The maximum Gasteiger partial charge on any atom is 0.322 e. The summed E-state index contributed by atoms with van der Waals surface area (Å²) in [4.78, 5) is 15.1. The molecule has 0 aromatic heterocycles. The van der Waals surface area contributed by atoms with Gasteiger partial charge in [0.15, 0.2) is 23.0 Å². The topological polar surface area (TPSA) is 69.3 Å². The van der Waals surface area contributed by atoms with Crippen LogP contribution in [0, 0.1) is 5.82 Å². The number of nitrogens with one attached hydrogen (secondary N) is 1. The van der Waals surface area contributed by atoms with Crippen LogP contribution in [0.25, 0.3) is 0 Å². The summed E-state index contributed by atoms with van der Waals surface area (Å²) in [6.07, 6.45) is 0.539. The molecular formula is C26H26ClFN2O5. The van der Waals surface area contributed by atoms with E-state index < -0.39 is 17.9 Å². The fourth-order valence-electron chi connectivity index (χ4n) is 4.36. The first-order valence-corrected chi connectivity index (χ1v) is 11.3. The second-order valence-electron chi connectivity index (χ2n) is 7.89. The Morgan fingerprint density at radius 3 is 2.26 bits per heavy atom. The number of urea groups is 1. The summed E-state index contributed by atoms with van der Waals surface area (Å²) in [5.74, 6) is 1.54. The maximum atomic E-state index is 15.2. The Kier molecular flexibility index (Phi) is 7.21. The van der Waals surface area contributed by atoms with Crippen LogP contribution >= 0.6 is 11.6 Å². The Balaban J connectivity index is 1.79. The quantitative estimate of drug-likeness (QED) is 0.470. The van der Waals surface area contributed by atoms with Crippen molar-refractivity contribution in [3.05, 3.63) is 76.1 Å². The molecule has 35 heavy (non-hydrogen) atoms. The number of hydrogen-bond donors (Lipinski definition) is 1. The molecule has 1 N–H and O–H groups in total. The van der Waals surface area contributed by atoms with Crippen molar-refractivity contribution in [1.82, 2.24) is 4.90 Å². The summed E-state index contributed by atoms with van der Waals surface area (Å²) in [6, 6.07) is 12.0. The summed E-state index contributed by atoms with van der Waals surface area (Å²) in [7, 11) is 6.14. The molecule has 0 fully saturated rings. The van der Waals surface area contributed by atoms with E-state index >= 15 is 4.39 Å². The number of carbonyl (C=O) groups excluding carboxylic acids is 1. The fourth-order valence-corrected chi connectivity index (χ4v) is 4.62. The summed E-state index contributed by atoms with van der Waals surface area (Å²) in [5, 5.41) is 3.11. The predicted molar refractivity (Wildman–Crippen MR) is 132 cm³/mol. The van der Waals surface area contributed by atoms with Crippen molar-refractivity contribution < 1.29 is 28.1 Å². The van der Waals surface area contributed by atoms with Crippen LogP contribution in [0.1, 0.15) is 22.7 Å². The molecule has 4 rings (SSSR count). The number of halogens is 2. The molecule has 0 radical (unpaired) electrons. The minimum absolute atomic E-state index is 0.213. The summed E-state index contributed by atoms with van der Waals surface area (Å²) in [6.45, 7) is 0.330. The number of amides is 2. The minimum atomic E-state index is -0.785. The van der Waals surface area contributed by atoms with Crippen LogP contribution in [-0.4, -0.2) is 45.9 Å². The van der Waals surface area contributed by atoms with E-state index in [2.05, 4.69) is 5.32 Å². The van der Waals surface area contributed by atoms with E-state index in [0.717, 1.165) is 5.56 Å². The van der Waals surface area contributed by atoms with Gasteiger partial charge in [0, 0.05) is 28.9 Å². The first-order valence-electron chi connectivity index (χ1n) is 10.9. The van der Waals surface area contributed by atoms with Gasteiger partial charge in [0.25, 0.3) is 0 Å². The average Bonchev–Trinajstić information content (AvgIpc) is 2.87. The SMILES string of the molecule is COc1ccc(NC(=O)N2CCc3cc(OC)c(OC)cc3[C@@H]2c2c(F)cccc2Cl)cc1OC. The normalized spacial score (nSPS) is 14.7. The number of ether oxygens (including phenoxy) is 4. The molecule has 1 atom stereocenters. The second kappa shape index (κ2) is 10.3. The van der Waals surface area contributed by atoms with Crippen LogP contribution in [0.15, 0.2) is 48.5 Å². The smallest absolute Gasteiger partial charge is 0.322 e. The van der Waals surface area contributed by atoms with Gasteiger partial charge in [-0.25, -0.2) is 9.18 Å². The van der Waals surface area contributed by atoms with Gasteiger partial charge < -0.3 is 29.2 Å². The van der Waals surface area contributed by atoms with Gasteiger partial charge in [-0.3, -0.25) is 0 Å². The van der Waals surface area contributed by atoms with Gasteiger partial charge in [0.2, 0.25) is 0 Å². The van der Waals surface area contributed by atoms with Crippen molar-refractivity contribution in [2.24, 2.45) is 0 Å². The van der Waals surface area contributed by atoms with Crippen molar-refractivity contribution in [1.29, 1.82) is 0 Å². The molecule has 2 amide bonds. The minimum Gasteiger partial charge on any atom is -0.493 e. The molecule has 0 bridgehead atoms. The summed E-state index contributed by atoms with van der Waals surface area (Å²) in [5.41, 5.74) is 2.35. The highest BCUT2D eigenvalue weighted by Crippen LogP contribution is 2.44. The monoisotopic (exact) mass is 500 g/mol. The second-order valence-corrected chi connectivity index (χ2v) is 8.29. The van der Waals surface area contributed by atoms with Gasteiger partial charge in [-0.2, -0.15) is 0 Å². The molecule has 9 heteroatoms.